The van der Waals surface area contributed by atoms with Crippen molar-refractivity contribution in [3.8, 4) is 5.75 Å². The number of para-hydroxylation sites is 2. The Bertz CT molecular complexity index is 491. The second kappa shape index (κ2) is 6.15. The van der Waals surface area contributed by atoms with E-state index in [0.29, 0.717) is 0 Å². The fourth-order valence-corrected chi connectivity index (χ4v) is 1.98. The van der Waals surface area contributed by atoms with Crippen LogP contribution in [0.3, 0.4) is 0 Å². The maximum absolute atomic E-state index is 5.31. The van der Waals surface area contributed by atoms with Crippen molar-refractivity contribution in [1.82, 2.24) is 4.57 Å². The van der Waals surface area contributed by atoms with Gasteiger partial charge in [0.15, 0.2) is 0 Å². The molecule has 0 unspecified atom stereocenters. The molecule has 1 aromatic carbocycles. The second-order valence-corrected chi connectivity index (χ2v) is 4.31. The molecule has 18 heavy (non-hydrogen) atoms. The van der Waals surface area contributed by atoms with Crippen LogP contribution >= 0.6 is 0 Å². The lowest BCUT2D eigenvalue weighted by Crippen LogP contribution is -2.00. The number of nitrogens with zero attached hydrogens (tertiary/aromatic N) is 1. The molecule has 2 aromatic rings. The van der Waals surface area contributed by atoms with Crippen molar-refractivity contribution >= 4 is 5.69 Å². The molecule has 0 fully saturated rings. The van der Waals surface area contributed by atoms with E-state index < -0.39 is 0 Å². The van der Waals surface area contributed by atoms with Crippen LogP contribution in [-0.2, 0) is 13.1 Å². The molecule has 0 aliphatic heterocycles. The third-order valence-electron chi connectivity index (χ3n) is 2.88. The van der Waals surface area contributed by atoms with Gasteiger partial charge < -0.3 is 14.6 Å². The topological polar surface area (TPSA) is 26.2 Å². The molecule has 0 aliphatic carbocycles. The van der Waals surface area contributed by atoms with Crippen molar-refractivity contribution in [2.45, 2.75) is 26.4 Å². The molecule has 2 rings (SSSR count). The van der Waals surface area contributed by atoms with Gasteiger partial charge in [-0.3, -0.25) is 0 Å². The highest BCUT2D eigenvalue weighted by Gasteiger charge is 2.01. The summed E-state index contributed by atoms with van der Waals surface area (Å²) in [7, 11) is 1.69. The quantitative estimate of drug-likeness (QED) is 0.841. The highest BCUT2D eigenvalue weighted by Crippen LogP contribution is 2.23. The van der Waals surface area contributed by atoms with Crippen molar-refractivity contribution < 1.29 is 4.74 Å². The van der Waals surface area contributed by atoms with Gasteiger partial charge in [0, 0.05) is 25.5 Å². The Kier molecular flexibility index (Phi) is 4.29. The van der Waals surface area contributed by atoms with E-state index in [9.17, 15) is 0 Å². The third-order valence-corrected chi connectivity index (χ3v) is 2.88. The number of anilines is 1. The first-order valence-electron chi connectivity index (χ1n) is 6.35. The summed E-state index contributed by atoms with van der Waals surface area (Å²) in [5.74, 6) is 0.880. The van der Waals surface area contributed by atoms with Gasteiger partial charge in [-0.05, 0) is 30.2 Å². The van der Waals surface area contributed by atoms with Crippen molar-refractivity contribution in [3.63, 3.8) is 0 Å². The number of aromatic nitrogens is 1. The van der Waals surface area contributed by atoms with Gasteiger partial charge >= 0.3 is 0 Å². The van der Waals surface area contributed by atoms with E-state index in [1.165, 1.54) is 5.56 Å². The van der Waals surface area contributed by atoms with Gasteiger partial charge in [0.25, 0.3) is 0 Å². The van der Waals surface area contributed by atoms with E-state index >= 15 is 0 Å². The lowest BCUT2D eigenvalue weighted by atomic mass is 10.2. The number of methoxy groups -OCH3 is 1. The van der Waals surface area contributed by atoms with Crippen LogP contribution in [0.25, 0.3) is 0 Å². The minimum absolute atomic E-state index is 0.817. The SMILES string of the molecule is CCCn1ccc(CNc2ccccc2OC)c1. The first-order valence-corrected chi connectivity index (χ1v) is 6.35. The Hall–Kier alpha value is -1.90. The largest absolute Gasteiger partial charge is 0.495 e. The Labute approximate surface area is 108 Å². The molecule has 0 spiro atoms. The summed E-state index contributed by atoms with van der Waals surface area (Å²) in [4.78, 5) is 0. The van der Waals surface area contributed by atoms with Crippen LogP contribution in [0.2, 0.25) is 0 Å². The minimum atomic E-state index is 0.817. The molecular formula is C15H20N2O. The molecular weight excluding hydrogens is 224 g/mol. The third kappa shape index (κ3) is 3.06. The standard InChI is InChI=1S/C15H20N2O/c1-3-9-17-10-8-13(12-17)11-16-14-6-4-5-7-15(14)18-2/h4-8,10,12,16H,3,9,11H2,1-2H3. The van der Waals surface area contributed by atoms with Gasteiger partial charge in [-0.15, -0.1) is 0 Å². The number of hydrogen-bond donors (Lipinski definition) is 1. The van der Waals surface area contributed by atoms with Crippen molar-refractivity contribution in [2.24, 2.45) is 0 Å². The zero-order chi connectivity index (χ0) is 12.8. The molecule has 3 nitrogen and oxygen atoms in total. The minimum Gasteiger partial charge on any atom is -0.495 e. The van der Waals surface area contributed by atoms with Crippen molar-refractivity contribution in [3.05, 3.63) is 48.3 Å². The molecule has 0 aliphatic rings. The maximum atomic E-state index is 5.31. The van der Waals surface area contributed by atoms with E-state index in [4.69, 9.17) is 4.74 Å². The predicted molar refractivity (Wildman–Crippen MR) is 75.0 cm³/mol. The number of benzene rings is 1. The van der Waals surface area contributed by atoms with Gasteiger partial charge in [0.2, 0.25) is 0 Å². The Morgan fingerprint density at radius 3 is 2.83 bits per heavy atom. The molecule has 0 amide bonds. The summed E-state index contributed by atoms with van der Waals surface area (Å²) in [6.07, 6.45) is 5.47. The molecule has 1 N–H and O–H groups in total. The van der Waals surface area contributed by atoms with E-state index in [-0.39, 0.29) is 0 Å². The predicted octanol–water partition coefficient (Wildman–Crippen LogP) is 3.52. The van der Waals surface area contributed by atoms with Gasteiger partial charge in [-0.2, -0.15) is 0 Å². The molecule has 0 saturated carbocycles. The summed E-state index contributed by atoms with van der Waals surface area (Å²) < 4.78 is 7.53. The maximum Gasteiger partial charge on any atom is 0.141 e. The van der Waals surface area contributed by atoms with Crippen molar-refractivity contribution in [2.75, 3.05) is 12.4 Å². The Morgan fingerprint density at radius 2 is 2.06 bits per heavy atom. The van der Waals surface area contributed by atoms with Crippen LogP contribution in [0, 0.1) is 0 Å². The Morgan fingerprint density at radius 1 is 1.22 bits per heavy atom. The first-order chi connectivity index (χ1) is 8.83. The van der Waals surface area contributed by atoms with Crippen LogP contribution in [-0.4, -0.2) is 11.7 Å². The van der Waals surface area contributed by atoms with Gasteiger partial charge in [-0.1, -0.05) is 19.1 Å². The highest BCUT2D eigenvalue weighted by molar-refractivity contribution is 5.56. The highest BCUT2D eigenvalue weighted by atomic mass is 16.5. The number of aryl methyl sites for hydroxylation is 1. The lowest BCUT2D eigenvalue weighted by molar-refractivity contribution is 0.416. The number of rotatable bonds is 6. The molecule has 1 aromatic heterocycles. The number of hydrogen-bond acceptors (Lipinski definition) is 2. The zero-order valence-electron chi connectivity index (χ0n) is 11.0. The molecule has 0 bridgehead atoms. The van der Waals surface area contributed by atoms with E-state index in [1.807, 2.05) is 24.3 Å². The molecule has 3 heteroatoms. The average Bonchev–Trinajstić information content (AvgIpc) is 2.85. The lowest BCUT2D eigenvalue weighted by Gasteiger charge is -2.09. The van der Waals surface area contributed by atoms with Gasteiger partial charge in [-0.25, -0.2) is 0 Å². The average molecular weight is 244 g/mol. The number of ether oxygens (including phenoxy) is 1. The summed E-state index contributed by atoms with van der Waals surface area (Å²) in [6, 6.07) is 10.1. The molecule has 0 saturated heterocycles. The van der Waals surface area contributed by atoms with Crippen LogP contribution in [0.5, 0.6) is 5.75 Å². The summed E-state index contributed by atoms with van der Waals surface area (Å²) in [5, 5.41) is 3.40. The van der Waals surface area contributed by atoms with Crippen LogP contribution in [0.4, 0.5) is 5.69 Å². The molecule has 1 heterocycles. The first kappa shape index (κ1) is 12.6. The molecule has 0 atom stereocenters. The normalized spacial score (nSPS) is 10.3. The molecule has 0 radical (unpaired) electrons. The zero-order valence-corrected chi connectivity index (χ0v) is 11.0. The smallest absolute Gasteiger partial charge is 0.141 e. The summed E-state index contributed by atoms with van der Waals surface area (Å²) in [6.45, 7) is 4.08. The summed E-state index contributed by atoms with van der Waals surface area (Å²) in [5.41, 5.74) is 2.32. The van der Waals surface area contributed by atoms with Gasteiger partial charge in [0.1, 0.15) is 5.75 Å². The second-order valence-electron chi connectivity index (χ2n) is 4.31. The van der Waals surface area contributed by atoms with E-state index in [0.717, 1.165) is 30.9 Å². The van der Waals surface area contributed by atoms with Gasteiger partial charge in [0.05, 0.1) is 12.8 Å². The summed E-state index contributed by atoms with van der Waals surface area (Å²) >= 11 is 0. The van der Waals surface area contributed by atoms with Crippen molar-refractivity contribution in [1.29, 1.82) is 0 Å². The van der Waals surface area contributed by atoms with Crippen LogP contribution < -0.4 is 10.1 Å². The fraction of sp³-hybridized carbons (Fsp3) is 0.333. The number of nitrogens with one attached hydrogen (secondary N) is 1. The van der Waals surface area contributed by atoms with E-state index in [2.05, 4.69) is 35.3 Å². The Balaban J connectivity index is 1.97. The van der Waals surface area contributed by atoms with Crippen LogP contribution in [0.15, 0.2) is 42.7 Å². The van der Waals surface area contributed by atoms with Crippen LogP contribution in [0.1, 0.15) is 18.9 Å². The fourth-order valence-electron chi connectivity index (χ4n) is 1.98. The monoisotopic (exact) mass is 244 g/mol. The van der Waals surface area contributed by atoms with E-state index in [1.54, 1.807) is 7.11 Å². The molecule has 96 valence electrons.